The molecule has 1 aromatic heterocycles. The number of ether oxygens (including phenoxy) is 1. The first kappa shape index (κ1) is 29.2. The van der Waals surface area contributed by atoms with Crippen LogP contribution in [-0.4, -0.2) is 85.1 Å². The highest BCUT2D eigenvalue weighted by atomic mass is 35.5. The fourth-order valence-corrected chi connectivity index (χ4v) is 6.89. The molecule has 1 amide bonds. The van der Waals surface area contributed by atoms with Gasteiger partial charge in [0, 0.05) is 54.8 Å². The van der Waals surface area contributed by atoms with Crippen molar-refractivity contribution in [3.05, 3.63) is 65.3 Å². The molecule has 2 aliphatic heterocycles. The van der Waals surface area contributed by atoms with Gasteiger partial charge in [0.25, 0.3) is 0 Å². The van der Waals surface area contributed by atoms with Crippen molar-refractivity contribution in [2.45, 2.75) is 38.3 Å². The average Bonchev–Trinajstić information content (AvgIpc) is 3.77. The summed E-state index contributed by atoms with van der Waals surface area (Å²) in [5, 5.41) is 12.4. The number of hydrogen-bond acceptors (Lipinski definition) is 8. The van der Waals surface area contributed by atoms with Crippen LogP contribution >= 0.6 is 11.6 Å². The molecule has 2 aromatic carbocycles. The maximum Gasteiger partial charge on any atom is 0.318 e. The van der Waals surface area contributed by atoms with E-state index in [9.17, 15) is 10.1 Å². The Bertz CT molecular complexity index is 1580. The highest BCUT2D eigenvalue weighted by Crippen LogP contribution is 2.46. The van der Waals surface area contributed by atoms with Gasteiger partial charge in [-0.3, -0.25) is 4.79 Å². The van der Waals surface area contributed by atoms with E-state index in [4.69, 9.17) is 26.3 Å². The van der Waals surface area contributed by atoms with Gasteiger partial charge < -0.3 is 24.3 Å². The first-order valence-corrected chi connectivity index (χ1v) is 15.3. The maximum absolute atomic E-state index is 12.5. The Kier molecular flexibility index (Phi) is 8.17. The standard InChI is InChI=1S/C33H38ClN7O2/c1-4-29(42)41-18-17-40(19-24(41)11-15-35)31-25-12-16-39(28-10-6-8-23-7-5-9-26(34)30(23)28)20-27(25)36-32(37-31)43-22-33(13-14-33)21-38(2)3/h4-10,24H,1,11-14,16-22H2,2-3H3/t24-/m0/s1. The summed E-state index contributed by atoms with van der Waals surface area (Å²) in [6, 6.07) is 14.7. The molecule has 0 bridgehead atoms. The summed E-state index contributed by atoms with van der Waals surface area (Å²) in [5.74, 6) is 0.704. The van der Waals surface area contributed by atoms with Crippen LogP contribution in [0.5, 0.6) is 6.01 Å². The van der Waals surface area contributed by atoms with Crippen LogP contribution in [0.25, 0.3) is 10.8 Å². The van der Waals surface area contributed by atoms with Gasteiger partial charge in [0.15, 0.2) is 0 Å². The number of benzene rings is 2. The van der Waals surface area contributed by atoms with Crippen molar-refractivity contribution >= 4 is 39.8 Å². The Hall–Kier alpha value is -3.87. The zero-order valence-electron chi connectivity index (χ0n) is 24.9. The summed E-state index contributed by atoms with van der Waals surface area (Å²) in [7, 11) is 4.19. The van der Waals surface area contributed by atoms with E-state index < -0.39 is 0 Å². The van der Waals surface area contributed by atoms with Gasteiger partial charge in [0.05, 0.1) is 42.4 Å². The summed E-state index contributed by atoms with van der Waals surface area (Å²) >= 11 is 6.70. The number of aromatic nitrogens is 2. The number of nitrogens with zero attached hydrogens (tertiary/aromatic N) is 7. The highest BCUT2D eigenvalue weighted by molar-refractivity contribution is 6.36. The van der Waals surface area contributed by atoms with Crippen LogP contribution in [0, 0.1) is 16.7 Å². The number of carbonyl (C=O) groups excluding carboxylic acids is 1. The normalized spacial score (nSPS) is 19.2. The predicted molar refractivity (Wildman–Crippen MR) is 170 cm³/mol. The van der Waals surface area contributed by atoms with E-state index in [1.807, 2.05) is 12.1 Å². The molecule has 0 spiro atoms. The molecule has 0 radical (unpaired) electrons. The van der Waals surface area contributed by atoms with Crippen LogP contribution in [0.2, 0.25) is 5.02 Å². The Balaban J connectivity index is 1.34. The van der Waals surface area contributed by atoms with E-state index in [1.54, 1.807) is 4.90 Å². The second-order valence-corrected chi connectivity index (χ2v) is 12.7. The van der Waals surface area contributed by atoms with Crippen molar-refractivity contribution in [2.75, 3.05) is 63.2 Å². The summed E-state index contributed by atoms with van der Waals surface area (Å²) < 4.78 is 6.37. The Morgan fingerprint density at radius 1 is 1.19 bits per heavy atom. The first-order valence-electron chi connectivity index (χ1n) is 15.0. The number of rotatable bonds is 9. The van der Waals surface area contributed by atoms with E-state index in [0.717, 1.165) is 70.9 Å². The van der Waals surface area contributed by atoms with Crippen molar-refractivity contribution in [2.24, 2.45) is 5.41 Å². The van der Waals surface area contributed by atoms with Crippen LogP contribution in [0.4, 0.5) is 11.5 Å². The Morgan fingerprint density at radius 2 is 1.98 bits per heavy atom. The molecule has 43 heavy (non-hydrogen) atoms. The van der Waals surface area contributed by atoms with Gasteiger partial charge in [-0.15, -0.1) is 0 Å². The molecule has 6 rings (SSSR count). The molecule has 1 saturated carbocycles. The van der Waals surface area contributed by atoms with Crippen molar-refractivity contribution < 1.29 is 9.53 Å². The number of amides is 1. The summed E-state index contributed by atoms with van der Waals surface area (Å²) in [5.41, 5.74) is 3.27. The zero-order valence-corrected chi connectivity index (χ0v) is 25.7. The number of hydrogen-bond donors (Lipinski definition) is 0. The third-order valence-corrected chi connectivity index (χ3v) is 9.19. The van der Waals surface area contributed by atoms with Crippen LogP contribution in [-0.2, 0) is 17.8 Å². The van der Waals surface area contributed by atoms with E-state index in [2.05, 4.69) is 65.7 Å². The molecule has 9 nitrogen and oxygen atoms in total. The van der Waals surface area contributed by atoms with Gasteiger partial charge in [0.2, 0.25) is 5.91 Å². The summed E-state index contributed by atoms with van der Waals surface area (Å²) in [6.45, 7) is 8.21. The van der Waals surface area contributed by atoms with Crippen LogP contribution in [0.15, 0.2) is 49.1 Å². The van der Waals surface area contributed by atoms with Gasteiger partial charge >= 0.3 is 6.01 Å². The molecule has 3 aliphatic rings. The molecule has 224 valence electrons. The lowest BCUT2D eigenvalue weighted by Gasteiger charge is -2.42. The number of piperazine rings is 1. The molecule has 0 unspecified atom stereocenters. The van der Waals surface area contributed by atoms with Crippen molar-refractivity contribution in [1.29, 1.82) is 5.26 Å². The van der Waals surface area contributed by atoms with Crippen LogP contribution in [0.3, 0.4) is 0 Å². The smallest absolute Gasteiger partial charge is 0.318 e. The number of halogens is 1. The summed E-state index contributed by atoms with van der Waals surface area (Å²) in [4.78, 5) is 31.0. The number of nitriles is 1. The van der Waals surface area contributed by atoms with E-state index in [-0.39, 0.29) is 23.8 Å². The third kappa shape index (κ3) is 5.99. The molecule has 10 heteroatoms. The molecule has 1 atom stereocenters. The van der Waals surface area contributed by atoms with E-state index in [1.165, 1.54) is 6.08 Å². The van der Waals surface area contributed by atoms with Gasteiger partial charge in [-0.05, 0) is 57.0 Å². The molecular formula is C33H38ClN7O2. The van der Waals surface area contributed by atoms with Crippen molar-refractivity contribution in [3.8, 4) is 12.1 Å². The molecule has 1 saturated heterocycles. The van der Waals surface area contributed by atoms with E-state index >= 15 is 0 Å². The Morgan fingerprint density at radius 3 is 2.70 bits per heavy atom. The fourth-order valence-electron chi connectivity index (χ4n) is 6.61. The lowest BCUT2D eigenvalue weighted by Crippen LogP contribution is -2.55. The molecule has 2 fully saturated rings. The molecule has 1 aliphatic carbocycles. The highest BCUT2D eigenvalue weighted by Gasteiger charge is 2.44. The zero-order chi connectivity index (χ0) is 30.1. The van der Waals surface area contributed by atoms with Crippen LogP contribution in [0.1, 0.15) is 30.5 Å². The molecule has 3 heterocycles. The van der Waals surface area contributed by atoms with Gasteiger partial charge in [0.1, 0.15) is 5.82 Å². The topological polar surface area (TPSA) is 88.8 Å². The first-order chi connectivity index (χ1) is 20.8. The molecular weight excluding hydrogens is 562 g/mol. The maximum atomic E-state index is 12.5. The van der Waals surface area contributed by atoms with Gasteiger partial charge in [-0.2, -0.15) is 15.2 Å². The number of anilines is 2. The van der Waals surface area contributed by atoms with Crippen molar-refractivity contribution in [1.82, 2.24) is 19.8 Å². The second kappa shape index (κ2) is 12.0. The number of carbonyl (C=O) groups is 1. The quantitative estimate of drug-likeness (QED) is 0.328. The predicted octanol–water partition coefficient (Wildman–Crippen LogP) is 4.68. The van der Waals surface area contributed by atoms with Gasteiger partial charge in [-0.25, -0.2) is 0 Å². The minimum atomic E-state index is -0.244. The lowest BCUT2D eigenvalue weighted by atomic mass is 10.0. The SMILES string of the molecule is C=CC(=O)N1CCN(c2nc(OCC3(CN(C)C)CC3)nc3c2CCN(c2cccc4cccc(Cl)c24)C3)C[C@@H]1CC#N. The fraction of sp³-hybridized carbons (Fsp3) is 0.455. The molecule has 3 aromatic rings. The second-order valence-electron chi connectivity index (χ2n) is 12.3. The monoisotopic (exact) mass is 599 g/mol. The minimum Gasteiger partial charge on any atom is -0.463 e. The van der Waals surface area contributed by atoms with E-state index in [0.29, 0.717) is 38.8 Å². The van der Waals surface area contributed by atoms with Crippen molar-refractivity contribution in [3.63, 3.8) is 0 Å². The van der Waals surface area contributed by atoms with Crippen LogP contribution < -0.4 is 14.5 Å². The molecule has 0 N–H and O–H groups in total. The lowest BCUT2D eigenvalue weighted by molar-refractivity contribution is -0.128. The Labute approximate surface area is 258 Å². The average molecular weight is 600 g/mol. The summed E-state index contributed by atoms with van der Waals surface area (Å²) in [6.07, 6.45) is 4.59. The third-order valence-electron chi connectivity index (χ3n) is 8.88. The largest absolute Gasteiger partial charge is 0.463 e. The minimum absolute atomic E-state index is 0.142. The van der Waals surface area contributed by atoms with Gasteiger partial charge in [-0.1, -0.05) is 42.4 Å². The number of fused-ring (bicyclic) bond motifs is 2.